The third kappa shape index (κ3) is 1.87. The number of aromatic amines is 1. The van der Waals surface area contributed by atoms with Crippen molar-refractivity contribution in [3.8, 4) is 5.69 Å². The maximum Gasteiger partial charge on any atom is 0.199 e. The van der Waals surface area contributed by atoms with E-state index in [0.29, 0.717) is 9.24 Å². The van der Waals surface area contributed by atoms with Crippen molar-refractivity contribution in [2.75, 3.05) is 0 Å². The molecule has 2 rings (SSSR count). The molecule has 3 nitrogen and oxygen atoms in total. The van der Waals surface area contributed by atoms with E-state index in [1.165, 1.54) is 6.07 Å². The normalized spacial score (nSPS) is 10.6. The van der Waals surface area contributed by atoms with Crippen LogP contribution in [0.1, 0.15) is 5.82 Å². The number of rotatable bonds is 1. The summed E-state index contributed by atoms with van der Waals surface area (Å²) in [5.41, 5.74) is 0.777. The zero-order valence-corrected chi connectivity index (χ0v) is 10.2. The highest BCUT2D eigenvalue weighted by atomic mass is 79.9. The molecule has 0 spiro atoms. The second kappa shape index (κ2) is 3.86. The van der Waals surface area contributed by atoms with Crippen molar-refractivity contribution in [1.29, 1.82) is 0 Å². The molecule has 0 saturated carbocycles. The second-order valence-electron chi connectivity index (χ2n) is 3.01. The highest BCUT2D eigenvalue weighted by Gasteiger charge is 2.06. The first-order valence-electron chi connectivity index (χ1n) is 4.19. The number of hydrogen-bond acceptors (Lipinski definition) is 2. The summed E-state index contributed by atoms with van der Waals surface area (Å²) >= 11 is 8.19. The molecular formula is C9H7BrFN3S. The molecule has 0 aliphatic heterocycles. The van der Waals surface area contributed by atoms with Gasteiger partial charge < -0.3 is 0 Å². The van der Waals surface area contributed by atoms with Gasteiger partial charge in [-0.3, -0.25) is 9.67 Å². The maximum absolute atomic E-state index is 13.0. The van der Waals surface area contributed by atoms with E-state index in [1.54, 1.807) is 16.7 Å². The summed E-state index contributed by atoms with van der Waals surface area (Å²) in [7, 11) is 0. The van der Waals surface area contributed by atoms with Crippen LogP contribution >= 0.6 is 28.1 Å². The number of aromatic nitrogens is 3. The van der Waals surface area contributed by atoms with E-state index in [1.807, 2.05) is 6.92 Å². The quantitative estimate of drug-likeness (QED) is 0.818. The van der Waals surface area contributed by atoms with E-state index in [-0.39, 0.29) is 5.82 Å². The summed E-state index contributed by atoms with van der Waals surface area (Å²) in [4.78, 5) is 0. The molecule has 0 unspecified atom stereocenters. The van der Waals surface area contributed by atoms with Crippen molar-refractivity contribution in [2.24, 2.45) is 0 Å². The minimum absolute atomic E-state index is 0.300. The third-order valence-electron chi connectivity index (χ3n) is 2.00. The minimum Gasteiger partial charge on any atom is -0.272 e. The predicted molar refractivity (Wildman–Crippen MR) is 61.1 cm³/mol. The van der Waals surface area contributed by atoms with Gasteiger partial charge in [0.05, 0.1) is 10.2 Å². The molecule has 1 N–H and O–H groups in total. The van der Waals surface area contributed by atoms with E-state index in [9.17, 15) is 4.39 Å². The van der Waals surface area contributed by atoms with Crippen molar-refractivity contribution in [1.82, 2.24) is 14.8 Å². The van der Waals surface area contributed by atoms with Gasteiger partial charge in [0.25, 0.3) is 0 Å². The summed E-state index contributed by atoms with van der Waals surface area (Å²) < 4.78 is 15.7. The van der Waals surface area contributed by atoms with Crippen LogP contribution in [0.25, 0.3) is 5.69 Å². The number of aryl methyl sites for hydroxylation is 1. The maximum atomic E-state index is 13.0. The topological polar surface area (TPSA) is 33.6 Å². The lowest BCUT2D eigenvalue weighted by atomic mass is 10.3. The Balaban J connectivity index is 2.65. The minimum atomic E-state index is -0.300. The van der Waals surface area contributed by atoms with Crippen LogP contribution in [0.2, 0.25) is 0 Å². The first-order chi connectivity index (χ1) is 7.09. The van der Waals surface area contributed by atoms with Gasteiger partial charge in [0.1, 0.15) is 11.6 Å². The Morgan fingerprint density at radius 2 is 2.27 bits per heavy atom. The zero-order valence-electron chi connectivity index (χ0n) is 7.79. The van der Waals surface area contributed by atoms with Gasteiger partial charge in [0.15, 0.2) is 4.77 Å². The van der Waals surface area contributed by atoms with Crippen LogP contribution in [0.15, 0.2) is 22.7 Å². The smallest absolute Gasteiger partial charge is 0.199 e. The highest BCUT2D eigenvalue weighted by molar-refractivity contribution is 9.10. The van der Waals surface area contributed by atoms with Gasteiger partial charge in [0.2, 0.25) is 0 Å². The molecule has 6 heteroatoms. The van der Waals surface area contributed by atoms with Gasteiger partial charge in [-0.05, 0) is 53.3 Å². The van der Waals surface area contributed by atoms with Crippen LogP contribution in [-0.2, 0) is 0 Å². The lowest BCUT2D eigenvalue weighted by molar-refractivity contribution is 0.620. The molecule has 0 amide bonds. The van der Waals surface area contributed by atoms with Crippen molar-refractivity contribution in [3.05, 3.63) is 39.1 Å². The van der Waals surface area contributed by atoms with E-state index >= 15 is 0 Å². The summed E-state index contributed by atoms with van der Waals surface area (Å²) in [6.45, 7) is 1.82. The first-order valence-corrected chi connectivity index (χ1v) is 5.39. The summed E-state index contributed by atoms with van der Waals surface area (Å²) in [5.74, 6) is 0.435. The monoisotopic (exact) mass is 287 g/mol. The lowest BCUT2D eigenvalue weighted by Gasteiger charge is -2.04. The molecule has 0 saturated heterocycles. The fourth-order valence-electron chi connectivity index (χ4n) is 1.30. The van der Waals surface area contributed by atoms with E-state index in [0.717, 1.165) is 11.5 Å². The summed E-state index contributed by atoms with van der Waals surface area (Å²) in [5, 5.41) is 6.66. The highest BCUT2D eigenvalue weighted by Crippen LogP contribution is 2.20. The molecular weight excluding hydrogens is 281 g/mol. The van der Waals surface area contributed by atoms with Crippen LogP contribution in [0, 0.1) is 17.5 Å². The van der Waals surface area contributed by atoms with Crippen LogP contribution in [0.3, 0.4) is 0 Å². The van der Waals surface area contributed by atoms with Crippen molar-refractivity contribution >= 4 is 28.1 Å². The van der Waals surface area contributed by atoms with Crippen molar-refractivity contribution in [2.45, 2.75) is 6.92 Å². The number of hydrogen-bond donors (Lipinski definition) is 1. The van der Waals surface area contributed by atoms with Gasteiger partial charge in [-0.2, -0.15) is 5.10 Å². The standard InChI is InChI=1S/C9H7BrFN3S/c1-5-12-13-9(15)14(5)6-2-3-8(11)7(10)4-6/h2-4H,1H3,(H,13,15). The molecule has 0 aliphatic carbocycles. The largest absolute Gasteiger partial charge is 0.272 e. The van der Waals surface area contributed by atoms with Gasteiger partial charge in [-0.1, -0.05) is 0 Å². The van der Waals surface area contributed by atoms with E-state index < -0.39 is 0 Å². The second-order valence-corrected chi connectivity index (χ2v) is 4.25. The van der Waals surface area contributed by atoms with Gasteiger partial charge in [0, 0.05) is 0 Å². The fraction of sp³-hybridized carbons (Fsp3) is 0.111. The molecule has 2 aromatic rings. The Morgan fingerprint density at radius 1 is 1.53 bits per heavy atom. The van der Waals surface area contributed by atoms with Crippen LogP contribution in [-0.4, -0.2) is 14.8 Å². The molecule has 0 atom stereocenters. The number of H-pyrrole nitrogens is 1. The van der Waals surface area contributed by atoms with Crippen LogP contribution < -0.4 is 0 Å². The van der Waals surface area contributed by atoms with Crippen molar-refractivity contribution < 1.29 is 4.39 Å². The first kappa shape index (κ1) is 10.5. The molecule has 0 radical (unpaired) electrons. The average Bonchev–Trinajstić information content (AvgIpc) is 2.52. The molecule has 1 heterocycles. The Bertz CT molecular complexity index is 561. The molecule has 0 aliphatic rings. The van der Waals surface area contributed by atoms with Crippen LogP contribution in [0.5, 0.6) is 0 Å². The number of nitrogens with zero attached hydrogens (tertiary/aromatic N) is 2. The predicted octanol–water partition coefficient (Wildman–Crippen LogP) is 3.14. The average molecular weight is 288 g/mol. The Labute approximate surface area is 99.1 Å². The fourth-order valence-corrected chi connectivity index (χ4v) is 1.95. The third-order valence-corrected chi connectivity index (χ3v) is 2.88. The molecule has 0 bridgehead atoms. The van der Waals surface area contributed by atoms with Gasteiger partial charge in [-0.25, -0.2) is 4.39 Å². The summed E-state index contributed by atoms with van der Waals surface area (Å²) in [6, 6.07) is 4.69. The Kier molecular flexibility index (Phi) is 2.70. The molecule has 15 heavy (non-hydrogen) atoms. The van der Waals surface area contributed by atoms with Gasteiger partial charge >= 0.3 is 0 Å². The number of halogens is 2. The van der Waals surface area contributed by atoms with Crippen LogP contribution in [0.4, 0.5) is 4.39 Å². The molecule has 1 aromatic heterocycles. The molecule has 0 fully saturated rings. The number of nitrogens with one attached hydrogen (secondary N) is 1. The molecule has 1 aromatic carbocycles. The van der Waals surface area contributed by atoms with Crippen molar-refractivity contribution in [3.63, 3.8) is 0 Å². The van der Waals surface area contributed by atoms with E-state index in [4.69, 9.17) is 12.2 Å². The zero-order chi connectivity index (χ0) is 11.0. The Hall–Kier alpha value is -1.01. The lowest BCUT2D eigenvalue weighted by Crippen LogP contribution is -1.97. The Morgan fingerprint density at radius 3 is 2.80 bits per heavy atom. The van der Waals surface area contributed by atoms with Gasteiger partial charge in [-0.15, -0.1) is 0 Å². The van der Waals surface area contributed by atoms with E-state index in [2.05, 4.69) is 26.1 Å². The SMILES string of the molecule is Cc1n[nH]c(=S)n1-c1ccc(F)c(Br)c1. The molecule has 78 valence electrons. The number of benzene rings is 1. The summed E-state index contributed by atoms with van der Waals surface area (Å²) in [6.07, 6.45) is 0.